The molecule has 0 aromatic rings. The van der Waals surface area contributed by atoms with Crippen LogP contribution in [0.25, 0.3) is 0 Å². The van der Waals surface area contributed by atoms with E-state index in [2.05, 4.69) is 13.8 Å². The van der Waals surface area contributed by atoms with E-state index in [1.165, 1.54) is 0 Å². The van der Waals surface area contributed by atoms with Crippen molar-refractivity contribution in [3.05, 3.63) is 0 Å². The van der Waals surface area contributed by atoms with Crippen molar-refractivity contribution in [2.24, 2.45) is 5.92 Å². The van der Waals surface area contributed by atoms with E-state index in [0.29, 0.717) is 13.0 Å². The Balaban J connectivity index is 3.94. The molecule has 0 radical (unpaired) electrons. The Morgan fingerprint density at radius 3 is 2.27 bits per heavy atom. The monoisotopic (exact) mass is 314 g/mol. The Hall–Kier alpha value is -1.06. The van der Waals surface area contributed by atoms with Crippen LogP contribution in [0.2, 0.25) is 0 Å². The molecular formula is C18H34O4. The van der Waals surface area contributed by atoms with Crippen molar-refractivity contribution in [2.45, 2.75) is 91.6 Å². The standard InChI is InChI=1S/C18H34O4/c1-5-8-14-21-17(19)13-10-9-12-16(11-6-2)18(20)22-15(4)7-3/h15-16H,5-14H2,1-4H3. The molecule has 4 heteroatoms. The van der Waals surface area contributed by atoms with Crippen LogP contribution in [0.4, 0.5) is 0 Å². The van der Waals surface area contributed by atoms with Gasteiger partial charge in [-0.05, 0) is 39.0 Å². The van der Waals surface area contributed by atoms with Crippen molar-refractivity contribution in [1.82, 2.24) is 0 Å². The highest BCUT2D eigenvalue weighted by Gasteiger charge is 2.20. The lowest BCUT2D eigenvalue weighted by Crippen LogP contribution is -2.22. The molecule has 2 atom stereocenters. The molecule has 0 fully saturated rings. The van der Waals surface area contributed by atoms with Gasteiger partial charge in [-0.2, -0.15) is 0 Å². The van der Waals surface area contributed by atoms with Crippen LogP contribution in [0.15, 0.2) is 0 Å². The zero-order valence-electron chi connectivity index (χ0n) is 14.9. The summed E-state index contributed by atoms with van der Waals surface area (Å²) < 4.78 is 10.5. The highest BCUT2D eigenvalue weighted by molar-refractivity contribution is 5.72. The van der Waals surface area contributed by atoms with Crippen LogP contribution < -0.4 is 0 Å². The average molecular weight is 314 g/mol. The molecule has 130 valence electrons. The lowest BCUT2D eigenvalue weighted by atomic mass is 9.96. The number of hydrogen-bond acceptors (Lipinski definition) is 4. The van der Waals surface area contributed by atoms with Gasteiger partial charge in [0, 0.05) is 6.42 Å². The van der Waals surface area contributed by atoms with Gasteiger partial charge in [0.25, 0.3) is 0 Å². The van der Waals surface area contributed by atoms with Crippen molar-refractivity contribution < 1.29 is 19.1 Å². The number of rotatable bonds is 13. The summed E-state index contributed by atoms with van der Waals surface area (Å²) in [6.07, 6.45) is 7.50. The van der Waals surface area contributed by atoms with Crippen molar-refractivity contribution in [2.75, 3.05) is 6.61 Å². The predicted molar refractivity (Wildman–Crippen MR) is 88.6 cm³/mol. The third-order valence-corrected chi connectivity index (χ3v) is 3.81. The molecular weight excluding hydrogens is 280 g/mol. The van der Waals surface area contributed by atoms with Gasteiger partial charge in [-0.15, -0.1) is 0 Å². The van der Waals surface area contributed by atoms with E-state index in [1.807, 2.05) is 13.8 Å². The van der Waals surface area contributed by atoms with Gasteiger partial charge in [0.1, 0.15) is 0 Å². The fraction of sp³-hybridized carbons (Fsp3) is 0.889. The van der Waals surface area contributed by atoms with Crippen LogP contribution in [-0.4, -0.2) is 24.6 Å². The Morgan fingerprint density at radius 1 is 0.955 bits per heavy atom. The highest BCUT2D eigenvalue weighted by atomic mass is 16.5. The number of carbonyl (C=O) groups excluding carboxylic acids is 2. The predicted octanol–water partition coefficient (Wildman–Crippen LogP) is 4.65. The van der Waals surface area contributed by atoms with Crippen LogP contribution >= 0.6 is 0 Å². The number of ether oxygens (including phenoxy) is 2. The minimum Gasteiger partial charge on any atom is -0.466 e. The molecule has 0 saturated carbocycles. The summed E-state index contributed by atoms with van der Waals surface area (Å²) in [5, 5.41) is 0. The molecule has 0 aliphatic carbocycles. The molecule has 2 unspecified atom stereocenters. The van der Waals surface area contributed by atoms with E-state index in [1.54, 1.807) is 0 Å². The van der Waals surface area contributed by atoms with Crippen LogP contribution in [0.1, 0.15) is 85.5 Å². The Kier molecular flexibility index (Phi) is 12.9. The van der Waals surface area contributed by atoms with Gasteiger partial charge < -0.3 is 9.47 Å². The second kappa shape index (κ2) is 13.6. The van der Waals surface area contributed by atoms with Crippen LogP contribution in [-0.2, 0) is 19.1 Å². The van der Waals surface area contributed by atoms with Crippen LogP contribution in [0, 0.1) is 5.92 Å². The summed E-state index contributed by atoms with van der Waals surface area (Å²) in [4.78, 5) is 23.6. The maximum absolute atomic E-state index is 12.1. The maximum Gasteiger partial charge on any atom is 0.309 e. The molecule has 0 aromatic carbocycles. The normalized spacial score (nSPS) is 13.5. The van der Waals surface area contributed by atoms with Gasteiger partial charge in [-0.25, -0.2) is 0 Å². The fourth-order valence-electron chi connectivity index (χ4n) is 2.17. The van der Waals surface area contributed by atoms with Gasteiger partial charge in [0.05, 0.1) is 18.6 Å². The third-order valence-electron chi connectivity index (χ3n) is 3.81. The van der Waals surface area contributed by atoms with Crippen LogP contribution in [0.3, 0.4) is 0 Å². The summed E-state index contributed by atoms with van der Waals surface area (Å²) in [5.74, 6) is -0.237. The summed E-state index contributed by atoms with van der Waals surface area (Å²) >= 11 is 0. The molecule has 0 heterocycles. The first-order valence-corrected chi connectivity index (χ1v) is 8.91. The number of unbranched alkanes of at least 4 members (excludes halogenated alkanes) is 2. The zero-order chi connectivity index (χ0) is 16.8. The van der Waals surface area contributed by atoms with E-state index in [0.717, 1.165) is 51.4 Å². The van der Waals surface area contributed by atoms with Gasteiger partial charge in [0.2, 0.25) is 0 Å². The van der Waals surface area contributed by atoms with Gasteiger partial charge in [-0.3, -0.25) is 9.59 Å². The SMILES string of the molecule is CCCCOC(=O)CCCCC(CCC)C(=O)OC(C)CC. The average Bonchev–Trinajstić information content (AvgIpc) is 2.50. The molecule has 22 heavy (non-hydrogen) atoms. The molecule has 0 spiro atoms. The quantitative estimate of drug-likeness (QED) is 0.367. The third kappa shape index (κ3) is 10.6. The summed E-state index contributed by atoms with van der Waals surface area (Å²) in [7, 11) is 0. The maximum atomic E-state index is 12.1. The molecule has 0 aliphatic heterocycles. The molecule has 0 N–H and O–H groups in total. The van der Waals surface area contributed by atoms with Crippen LogP contribution in [0.5, 0.6) is 0 Å². The van der Waals surface area contributed by atoms with Gasteiger partial charge >= 0.3 is 11.9 Å². The van der Waals surface area contributed by atoms with E-state index in [9.17, 15) is 9.59 Å². The zero-order valence-corrected chi connectivity index (χ0v) is 14.9. The number of esters is 2. The Morgan fingerprint density at radius 2 is 1.68 bits per heavy atom. The van der Waals surface area contributed by atoms with E-state index >= 15 is 0 Å². The van der Waals surface area contributed by atoms with Crippen molar-refractivity contribution in [3.8, 4) is 0 Å². The molecule has 0 saturated heterocycles. The second-order valence-corrected chi connectivity index (χ2v) is 5.96. The molecule has 4 nitrogen and oxygen atoms in total. The summed E-state index contributed by atoms with van der Waals surface area (Å²) in [6.45, 7) is 8.61. The van der Waals surface area contributed by atoms with Crippen molar-refractivity contribution in [1.29, 1.82) is 0 Å². The summed E-state index contributed by atoms with van der Waals surface area (Å²) in [6, 6.07) is 0. The first kappa shape index (κ1) is 20.9. The van der Waals surface area contributed by atoms with Crippen molar-refractivity contribution in [3.63, 3.8) is 0 Å². The molecule has 0 aliphatic rings. The minimum absolute atomic E-state index is 0.0135. The number of hydrogen-bond donors (Lipinski definition) is 0. The molecule has 0 bridgehead atoms. The van der Waals surface area contributed by atoms with E-state index in [-0.39, 0.29) is 24.0 Å². The summed E-state index contributed by atoms with van der Waals surface area (Å²) in [5.41, 5.74) is 0. The Labute approximate surface area is 135 Å². The van der Waals surface area contributed by atoms with Gasteiger partial charge in [0.15, 0.2) is 0 Å². The lowest BCUT2D eigenvalue weighted by Gasteiger charge is -2.18. The van der Waals surface area contributed by atoms with Gasteiger partial charge in [-0.1, -0.05) is 40.0 Å². The fourth-order valence-corrected chi connectivity index (χ4v) is 2.17. The smallest absolute Gasteiger partial charge is 0.309 e. The topological polar surface area (TPSA) is 52.6 Å². The Bertz CT molecular complexity index is 301. The van der Waals surface area contributed by atoms with E-state index < -0.39 is 0 Å². The molecule has 0 aromatic heterocycles. The van der Waals surface area contributed by atoms with E-state index in [4.69, 9.17) is 9.47 Å². The largest absolute Gasteiger partial charge is 0.466 e. The highest BCUT2D eigenvalue weighted by Crippen LogP contribution is 2.19. The lowest BCUT2D eigenvalue weighted by molar-refractivity contribution is -0.154. The minimum atomic E-state index is -0.123. The van der Waals surface area contributed by atoms with Crippen molar-refractivity contribution >= 4 is 11.9 Å². The molecule has 0 amide bonds. The first-order chi connectivity index (χ1) is 10.5. The first-order valence-electron chi connectivity index (χ1n) is 8.91. The number of carbonyl (C=O) groups is 2. The molecule has 0 rings (SSSR count). The second-order valence-electron chi connectivity index (χ2n) is 5.96.